The van der Waals surface area contributed by atoms with Gasteiger partial charge in [0.2, 0.25) is 5.95 Å². The van der Waals surface area contributed by atoms with Crippen LogP contribution in [0.15, 0.2) is 0 Å². The Hall–Kier alpha value is -1.23. The number of hydrogen-bond acceptors (Lipinski definition) is 5. The molecule has 5 nitrogen and oxygen atoms in total. The molecule has 2 fully saturated rings. The summed E-state index contributed by atoms with van der Waals surface area (Å²) in [4.78, 5) is 13.3. The van der Waals surface area contributed by atoms with Gasteiger partial charge in [-0.25, -0.2) is 4.98 Å². The number of nitrogen functional groups attached to an aromatic ring is 1. The lowest BCUT2D eigenvalue weighted by atomic mass is 9.99. The van der Waals surface area contributed by atoms with E-state index in [9.17, 15) is 0 Å². The number of hydrogen-bond donors (Lipinski definition) is 1. The largest absolute Gasteiger partial charge is 0.370 e. The summed E-state index contributed by atoms with van der Waals surface area (Å²) in [6.07, 6.45) is 9.64. The maximum absolute atomic E-state index is 5.85. The number of nitrogens with two attached hydrogens (primary N) is 1. The monoisotopic (exact) mass is 262 g/mol. The summed E-state index contributed by atoms with van der Waals surface area (Å²) in [5.74, 6) is 2.43. The van der Waals surface area contributed by atoms with E-state index in [0.29, 0.717) is 11.9 Å². The summed E-state index contributed by atoms with van der Waals surface area (Å²) in [5.41, 5.74) is 5.85. The molecule has 1 aliphatic heterocycles. The van der Waals surface area contributed by atoms with Gasteiger partial charge in [-0.1, -0.05) is 25.7 Å². The van der Waals surface area contributed by atoms with Gasteiger partial charge in [0.05, 0.1) is 0 Å². The molecule has 2 heterocycles. The average Bonchev–Trinajstić information content (AvgIpc) is 2.81. The molecule has 19 heavy (non-hydrogen) atoms. The van der Waals surface area contributed by atoms with Crippen LogP contribution in [0.5, 0.6) is 0 Å². The van der Waals surface area contributed by atoms with Crippen LogP contribution in [0, 0.1) is 0 Å². The third-order valence-electron chi connectivity index (χ3n) is 4.13. The number of nitrogens with zero attached hydrogens (tertiary/aromatic N) is 3. The smallest absolute Gasteiger partial charge is 0.223 e. The van der Waals surface area contributed by atoms with Crippen molar-refractivity contribution >= 4 is 5.95 Å². The molecule has 1 saturated heterocycles. The Morgan fingerprint density at radius 3 is 2.26 bits per heavy atom. The second-order valence-electron chi connectivity index (χ2n) is 5.60. The van der Waals surface area contributed by atoms with Crippen LogP contribution in [-0.2, 0) is 4.74 Å². The van der Waals surface area contributed by atoms with E-state index in [1.807, 2.05) is 0 Å². The molecule has 0 amide bonds. The predicted octanol–water partition coefficient (Wildman–Crippen LogP) is 2.74. The van der Waals surface area contributed by atoms with Crippen molar-refractivity contribution in [2.75, 3.05) is 12.3 Å². The standard InChI is InChI=1S/C14H22N4O/c15-14-17-12(10-6-3-1-2-4-7-10)16-13(18-14)11-8-5-9-19-11/h10-11H,1-9H2,(H2,15,16,17,18). The van der Waals surface area contributed by atoms with E-state index in [-0.39, 0.29) is 6.10 Å². The van der Waals surface area contributed by atoms with Gasteiger partial charge in [0.25, 0.3) is 0 Å². The zero-order valence-corrected chi connectivity index (χ0v) is 11.3. The van der Waals surface area contributed by atoms with E-state index in [0.717, 1.165) is 31.1 Å². The highest BCUT2D eigenvalue weighted by Gasteiger charge is 2.24. The summed E-state index contributed by atoms with van der Waals surface area (Å²) in [5, 5.41) is 0. The van der Waals surface area contributed by atoms with Crippen LogP contribution < -0.4 is 5.73 Å². The van der Waals surface area contributed by atoms with Gasteiger partial charge < -0.3 is 10.5 Å². The van der Waals surface area contributed by atoms with Gasteiger partial charge in [-0.2, -0.15) is 9.97 Å². The van der Waals surface area contributed by atoms with Crippen molar-refractivity contribution in [3.05, 3.63) is 11.6 Å². The molecule has 2 aliphatic rings. The van der Waals surface area contributed by atoms with Crippen molar-refractivity contribution in [2.24, 2.45) is 0 Å². The van der Waals surface area contributed by atoms with Crippen molar-refractivity contribution < 1.29 is 4.74 Å². The molecule has 5 heteroatoms. The Bertz CT molecular complexity index is 423. The molecule has 1 aromatic rings. The average molecular weight is 262 g/mol. The molecule has 1 aliphatic carbocycles. The van der Waals surface area contributed by atoms with Crippen LogP contribution in [0.2, 0.25) is 0 Å². The Morgan fingerprint density at radius 1 is 0.842 bits per heavy atom. The van der Waals surface area contributed by atoms with Gasteiger partial charge in [-0.15, -0.1) is 0 Å². The zero-order valence-electron chi connectivity index (χ0n) is 11.3. The van der Waals surface area contributed by atoms with Crippen LogP contribution in [0.4, 0.5) is 5.95 Å². The van der Waals surface area contributed by atoms with Gasteiger partial charge in [-0.3, -0.25) is 0 Å². The lowest BCUT2D eigenvalue weighted by Crippen LogP contribution is -2.13. The summed E-state index contributed by atoms with van der Waals surface area (Å²) in [6.45, 7) is 0.801. The number of rotatable bonds is 2. The molecule has 0 radical (unpaired) electrons. The second kappa shape index (κ2) is 5.82. The second-order valence-corrected chi connectivity index (χ2v) is 5.60. The molecule has 0 aromatic carbocycles. The van der Waals surface area contributed by atoms with Crippen molar-refractivity contribution in [3.8, 4) is 0 Å². The van der Waals surface area contributed by atoms with E-state index in [1.165, 1.54) is 38.5 Å². The van der Waals surface area contributed by atoms with E-state index in [4.69, 9.17) is 10.5 Å². The van der Waals surface area contributed by atoms with Gasteiger partial charge in [-0.05, 0) is 25.7 Å². The lowest BCUT2D eigenvalue weighted by Gasteiger charge is -2.15. The molecule has 1 unspecified atom stereocenters. The lowest BCUT2D eigenvalue weighted by molar-refractivity contribution is 0.104. The van der Waals surface area contributed by atoms with Gasteiger partial charge in [0.1, 0.15) is 11.9 Å². The van der Waals surface area contributed by atoms with Crippen molar-refractivity contribution in [1.29, 1.82) is 0 Å². The van der Waals surface area contributed by atoms with Crippen molar-refractivity contribution in [2.45, 2.75) is 63.4 Å². The quantitative estimate of drug-likeness (QED) is 0.829. The normalized spacial score (nSPS) is 25.4. The first-order chi connectivity index (χ1) is 9.33. The molecule has 1 atom stereocenters. The molecular formula is C14H22N4O. The van der Waals surface area contributed by atoms with Crippen molar-refractivity contribution in [1.82, 2.24) is 15.0 Å². The van der Waals surface area contributed by atoms with E-state index in [1.54, 1.807) is 0 Å². The maximum atomic E-state index is 5.85. The van der Waals surface area contributed by atoms with Crippen LogP contribution in [0.25, 0.3) is 0 Å². The Morgan fingerprint density at radius 2 is 1.58 bits per heavy atom. The molecular weight excluding hydrogens is 240 g/mol. The minimum Gasteiger partial charge on any atom is -0.370 e. The summed E-state index contributed by atoms with van der Waals surface area (Å²) >= 11 is 0. The third-order valence-corrected chi connectivity index (χ3v) is 4.13. The number of anilines is 1. The maximum Gasteiger partial charge on any atom is 0.223 e. The highest BCUT2D eigenvalue weighted by atomic mass is 16.5. The highest BCUT2D eigenvalue weighted by molar-refractivity contribution is 5.19. The topological polar surface area (TPSA) is 73.9 Å². The minimum atomic E-state index is 0.0230. The Labute approximate surface area is 114 Å². The fourth-order valence-corrected chi connectivity index (χ4v) is 3.07. The SMILES string of the molecule is Nc1nc(C2CCCCCC2)nc(C2CCCO2)n1. The fraction of sp³-hybridized carbons (Fsp3) is 0.786. The molecule has 104 valence electrons. The van der Waals surface area contributed by atoms with E-state index < -0.39 is 0 Å². The minimum absolute atomic E-state index is 0.0230. The summed E-state index contributed by atoms with van der Waals surface area (Å²) < 4.78 is 5.65. The van der Waals surface area contributed by atoms with Crippen LogP contribution in [-0.4, -0.2) is 21.6 Å². The third kappa shape index (κ3) is 3.03. The zero-order chi connectivity index (χ0) is 13.1. The van der Waals surface area contributed by atoms with E-state index >= 15 is 0 Å². The molecule has 1 saturated carbocycles. The van der Waals surface area contributed by atoms with Gasteiger partial charge in [0, 0.05) is 12.5 Å². The van der Waals surface area contributed by atoms with Crippen LogP contribution in [0.3, 0.4) is 0 Å². The van der Waals surface area contributed by atoms with E-state index in [2.05, 4.69) is 15.0 Å². The van der Waals surface area contributed by atoms with Crippen LogP contribution in [0.1, 0.15) is 75.0 Å². The molecule has 2 N–H and O–H groups in total. The molecule has 0 spiro atoms. The first-order valence-corrected chi connectivity index (χ1v) is 7.46. The number of aromatic nitrogens is 3. The Balaban J connectivity index is 1.83. The molecule has 3 rings (SSSR count). The van der Waals surface area contributed by atoms with Crippen molar-refractivity contribution in [3.63, 3.8) is 0 Å². The first-order valence-electron chi connectivity index (χ1n) is 7.46. The summed E-state index contributed by atoms with van der Waals surface area (Å²) in [7, 11) is 0. The predicted molar refractivity (Wildman–Crippen MR) is 72.6 cm³/mol. The molecule has 1 aromatic heterocycles. The van der Waals surface area contributed by atoms with Crippen LogP contribution >= 0.6 is 0 Å². The fourth-order valence-electron chi connectivity index (χ4n) is 3.07. The first kappa shape index (κ1) is 12.8. The highest BCUT2D eigenvalue weighted by Crippen LogP contribution is 2.31. The Kier molecular flexibility index (Phi) is 3.92. The molecule has 0 bridgehead atoms. The summed E-state index contributed by atoms with van der Waals surface area (Å²) in [6, 6.07) is 0. The van der Waals surface area contributed by atoms with Gasteiger partial charge in [0.15, 0.2) is 5.82 Å². The number of ether oxygens (including phenoxy) is 1. The van der Waals surface area contributed by atoms with Gasteiger partial charge >= 0.3 is 0 Å².